The first kappa shape index (κ1) is 19.6. The molecule has 4 aliphatic heterocycles. The molecule has 0 N–H and O–H groups in total. The Bertz CT molecular complexity index is 803. The van der Waals surface area contributed by atoms with E-state index in [0.717, 1.165) is 77.9 Å². The van der Waals surface area contributed by atoms with Crippen LogP contribution in [0, 0.1) is 10.8 Å². The first-order valence-corrected chi connectivity index (χ1v) is 11.4. The maximum atomic E-state index is 13.6. The highest BCUT2D eigenvalue weighted by atomic mass is 16.2. The van der Waals surface area contributed by atoms with Gasteiger partial charge in [0.2, 0.25) is 11.9 Å². The van der Waals surface area contributed by atoms with E-state index in [4.69, 9.17) is 0 Å². The lowest BCUT2D eigenvalue weighted by Crippen LogP contribution is -2.55. The number of rotatable bonds is 2. The molecule has 1 aromatic rings. The third kappa shape index (κ3) is 2.87. The van der Waals surface area contributed by atoms with Gasteiger partial charge in [0.15, 0.2) is 0 Å². The van der Waals surface area contributed by atoms with Gasteiger partial charge in [-0.2, -0.15) is 0 Å². The summed E-state index contributed by atoms with van der Waals surface area (Å²) in [6, 6.07) is 2.01. The van der Waals surface area contributed by atoms with Gasteiger partial charge in [0, 0.05) is 70.2 Å². The molecule has 5 rings (SSSR count). The molecule has 0 aromatic carbocycles. The van der Waals surface area contributed by atoms with Gasteiger partial charge in [-0.05, 0) is 45.1 Å². The predicted molar refractivity (Wildman–Crippen MR) is 113 cm³/mol. The van der Waals surface area contributed by atoms with Crippen molar-refractivity contribution >= 4 is 17.9 Å². The number of amides is 3. The van der Waals surface area contributed by atoms with Gasteiger partial charge in [0.05, 0.1) is 5.41 Å². The molecule has 4 saturated heterocycles. The lowest BCUT2D eigenvalue weighted by molar-refractivity contribution is -0.141. The van der Waals surface area contributed by atoms with Crippen LogP contribution in [0.2, 0.25) is 0 Å². The van der Waals surface area contributed by atoms with Gasteiger partial charge in [-0.15, -0.1) is 0 Å². The maximum Gasteiger partial charge on any atom is 0.319 e. The van der Waals surface area contributed by atoms with Gasteiger partial charge >= 0.3 is 6.03 Å². The number of carbonyl (C=O) groups is 2. The summed E-state index contributed by atoms with van der Waals surface area (Å²) in [6.45, 7) is 8.38. The van der Waals surface area contributed by atoms with E-state index >= 15 is 0 Å². The smallest absolute Gasteiger partial charge is 0.319 e. The molecule has 0 aliphatic carbocycles. The van der Waals surface area contributed by atoms with E-state index in [0.29, 0.717) is 18.4 Å². The minimum absolute atomic E-state index is 0.116. The summed E-state index contributed by atoms with van der Waals surface area (Å²) < 4.78 is 0. The topological polar surface area (TPSA) is 72.9 Å². The number of hydrogen-bond donors (Lipinski definition) is 0. The Labute approximate surface area is 178 Å². The summed E-state index contributed by atoms with van der Waals surface area (Å²) in [6.07, 6.45) is 8.40. The van der Waals surface area contributed by atoms with E-state index in [-0.39, 0.29) is 16.9 Å². The lowest BCUT2D eigenvalue weighted by atomic mass is 9.60. The molecule has 4 fully saturated rings. The summed E-state index contributed by atoms with van der Waals surface area (Å²) in [4.78, 5) is 43.7. The maximum absolute atomic E-state index is 13.6. The highest BCUT2D eigenvalue weighted by molar-refractivity contribution is 5.87. The zero-order valence-electron chi connectivity index (χ0n) is 17.9. The Morgan fingerprint density at radius 1 is 0.967 bits per heavy atom. The van der Waals surface area contributed by atoms with Gasteiger partial charge in [-0.25, -0.2) is 14.8 Å². The third-order valence-electron chi connectivity index (χ3n) is 8.06. The quantitative estimate of drug-likeness (QED) is 0.741. The number of aromatic nitrogens is 2. The molecule has 1 atom stereocenters. The number of carbonyl (C=O) groups excluding carboxylic acids is 2. The first-order chi connectivity index (χ1) is 14.6. The molecular weight excluding hydrogens is 380 g/mol. The Kier molecular flexibility index (Phi) is 4.82. The van der Waals surface area contributed by atoms with Crippen LogP contribution in [0.4, 0.5) is 10.7 Å². The number of urea groups is 1. The van der Waals surface area contributed by atoms with Gasteiger partial charge in [0.25, 0.3) is 0 Å². The Hall–Kier alpha value is -2.38. The van der Waals surface area contributed by atoms with Crippen LogP contribution in [0.1, 0.15) is 39.0 Å². The summed E-state index contributed by atoms with van der Waals surface area (Å²) >= 11 is 0. The summed E-state index contributed by atoms with van der Waals surface area (Å²) in [5.74, 6) is 1.01. The lowest BCUT2D eigenvalue weighted by Gasteiger charge is -2.47. The van der Waals surface area contributed by atoms with E-state index < -0.39 is 0 Å². The van der Waals surface area contributed by atoms with Crippen LogP contribution < -0.4 is 4.90 Å². The van der Waals surface area contributed by atoms with Crippen molar-refractivity contribution in [1.82, 2.24) is 24.7 Å². The Morgan fingerprint density at radius 3 is 2.27 bits per heavy atom. The molecule has 1 aromatic heterocycles. The van der Waals surface area contributed by atoms with E-state index in [1.807, 2.05) is 20.8 Å². The average Bonchev–Trinajstić information content (AvgIpc) is 3.50. The van der Waals surface area contributed by atoms with Gasteiger partial charge in [-0.3, -0.25) is 4.79 Å². The molecular formula is C22H32N6O2. The highest BCUT2D eigenvalue weighted by Crippen LogP contribution is 2.58. The third-order valence-corrected chi connectivity index (χ3v) is 8.06. The molecule has 3 amide bonds. The van der Waals surface area contributed by atoms with Crippen LogP contribution in [-0.2, 0) is 4.79 Å². The minimum Gasteiger partial charge on any atom is -0.342 e. The van der Waals surface area contributed by atoms with E-state index in [2.05, 4.69) is 21.8 Å². The van der Waals surface area contributed by atoms with Crippen molar-refractivity contribution in [3.8, 4) is 0 Å². The summed E-state index contributed by atoms with van der Waals surface area (Å²) in [7, 11) is 0. The van der Waals surface area contributed by atoms with Crippen LogP contribution in [-0.4, -0.2) is 89.0 Å². The normalized spacial score (nSPS) is 28.4. The highest BCUT2D eigenvalue weighted by Gasteiger charge is 2.65. The zero-order chi connectivity index (χ0) is 20.8. The number of piperidine rings is 1. The van der Waals surface area contributed by atoms with E-state index in [9.17, 15) is 9.59 Å². The second kappa shape index (κ2) is 7.39. The minimum atomic E-state index is -0.384. The first-order valence-electron chi connectivity index (χ1n) is 11.4. The van der Waals surface area contributed by atoms with Crippen LogP contribution in [0.15, 0.2) is 18.5 Å². The molecule has 0 bridgehead atoms. The Morgan fingerprint density at radius 2 is 1.63 bits per heavy atom. The molecule has 2 spiro atoms. The average molecular weight is 413 g/mol. The van der Waals surface area contributed by atoms with Crippen molar-refractivity contribution in [1.29, 1.82) is 0 Å². The van der Waals surface area contributed by atoms with Crippen molar-refractivity contribution in [3.63, 3.8) is 0 Å². The van der Waals surface area contributed by atoms with Crippen LogP contribution in [0.3, 0.4) is 0 Å². The van der Waals surface area contributed by atoms with Crippen molar-refractivity contribution < 1.29 is 9.59 Å². The number of hydrogen-bond acceptors (Lipinski definition) is 5. The number of likely N-dealkylation sites (tertiary alicyclic amines) is 3. The Balaban J connectivity index is 1.40. The molecule has 30 heavy (non-hydrogen) atoms. The predicted octanol–water partition coefficient (Wildman–Crippen LogP) is 1.83. The van der Waals surface area contributed by atoms with Crippen molar-refractivity contribution in [2.45, 2.75) is 39.0 Å². The molecule has 8 nitrogen and oxygen atoms in total. The largest absolute Gasteiger partial charge is 0.342 e. The molecule has 0 unspecified atom stereocenters. The fourth-order valence-electron chi connectivity index (χ4n) is 6.31. The summed E-state index contributed by atoms with van der Waals surface area (Å²) in [5.41, 5.74) is -0.500. The van der Waals surface area contributed by atoms with Crippen molar-refractivity contribution in [2.24, 2.45) is 10.8 Å². The van der Waals surface area contributed by atoms with Crippen molar-refractivity contribution in [2.75, 3.05) is 57.3 Å². The molecule has 5 heterocycles. The van der Waals surface area contributed by atoms with Gasteiger partial charge in [0.1, 0.15) is 0 Å². The number of nitrogens with zero attached hydrogens (tertiary/aromatic N) is 6. The molecule has 162 valence electrons. The number of anilines is 1. The molecule has 4 aliphatic rings. The van der Waals surface area contributed by atoms with E-state index in [1.165, 1.54) is 0 Å². The molecule has 8 heteroatoms. The van der Waals surface area contributed by atoms with Crippen LogP contribution in [0.25, 0.3) is 0 Å². The van der Waals surface area contributed by atoms with Crippen LogP contribution in [0.5, 0.6) is 0 Å². The molecule has 0 saturated carbocycles. The van der Waals surface area contributed by atoms with Crippen LogP contribution >= 0.6 is 0 Å². The second-order valence-electron chi connectivity index (χ2n) is 9.37. The standard InChI is InChI=1S/C22H32N6O2/c1-2-25-15-8-22(18(25)29)17-28(19-23-9-5-10-24-19)16-21(22)6-13-27(14-7-21)20(30)26-11-3-4-12-26/h5,9-10H,2-4,6-8,11-17H2,1H3/t22-/m0/s1. The zero-order valence-corrected chi connectivity index (χ0v) is 17.9. The number of fused-ring (bicyclic) bond motifs is 1. The van der Waals surface area contributed by atoms with Crippen molar-refractivity contribution in [3.05, 3.63) is 18.5 Å². The van der Waals surface area contributed by atoms with Gasteiger partial charge < -0.3 is 19.6 Å². The monoisotopic (exact) mass is 412 g/mol. The fraction of sp³-hybridized carbons (Fsp3) is 0.727. The van der Waals surface area contributed by atoms with E-state index in [1.54, 1.807) is 12.4 Å². The summed E-state index contributed by atoms with van der Waals surface area (Å²) in [5, 5.41) is 0. The second-order valence-corrected chi connectivity index (χ2v) is 9.37. The fourth-order valence-corrected chi connectivity index (χ4v) is 6.31. The van der Waals surface area contributed by atoms with Gasteiger partial charge in [-0.1, -0.05) is 0 Å². The molecule has 0 radical (unpaired) electrons. The SMILES string of the molecule is CCN1CC[C@]2(CN(c3ncccn3)CC23CCN(C(=O)N2CCCC2)CC3)C1=O.